The van der Waals surface area contributed by atoms with E-state index in [9.17, 15) is 4.79 Å². The third-order valence-corrected chi connectivity index (χ3v) is 2.99. The van der Waals surface area contributed by atoms with Gasteiger partial charge in [-0.1, -0.05) is 12.1 Å². The molecule has 19 heavy (non-hydrogen) atoms. The first-order valence-corrected chi connectivity index (χ1v) is 6.96. The minimum atomic E-state index is -0.254. The lowest BCUT2D eigenvalue weighted by Crippen LogP contribution is -2.40. The number of rotatable bonds is 7. The zero-order valence-electron chi connectivity index (χ0n) is 10.9. The third-order valence-electron chi connectivity index (χ3n) is 2.34. The van der Waals surface area contributed by atoms with Crippen LogP contribution < -0.4 is 15.4 Å². The fraction of sp³-hybridized carbons (Fsp3) is 0.462. The molecule has 106 valence electrons. The average molecular weight is 331 g/mol. The summed E-state index contributed by atoms with van der Waals surface area (Å²) in [6.07, 6.45) is 0.415. The van der Waals surface area contributed by atoms with Gasteiger partial charge in [0.15, 0.2) is 0 Å². The SMILES string of the molecule is CC(CNC(=O)NCCCO)Oc1ccccc1Br. The van der Waals surface area contributed by atoms with Crippen molar-refractivity contribution in [2.24, 2.45) is 0 Å². The fourth-order valence-corrected chi connectivity index (χ4v) is 1.76. The maximum atomic E-state index is 11.4. The molecule has 0 bridgehead atoms. The van der Waals surface area contributed by atoms with E-state index in [1.54, 1.807) is 0 Å². The zero-order valence-corrected chi connectivity index (χ0v) is 12.4. The molecule has 0 radical (unpaired) electrons. The second-order valence-electron chi connectivity index (χ2n) is 4.07. The smallest absolute Gasteiger partial charge is 0.314 e. The van der Waals surface area contributed by atoms with E-state index in [4.69, 9.17) is 9.84 Å². The van der Waals surface area contributed by atoms with Gasteiger partial charge in [0, 0.05) is 13.2 Å². The zero-order chi connectivity index (χ0) is 14.1. The van der Waals surface area contributed by atoms with Gasteiger partial charge in [0.25, 0.3) is 0 Å². The minimum absolute atomic E-state index is 0.0713. The summed E-state index contributed by atoms with van der Waals surface area (Å²) < 4.78 is 6.58. The number of para-hydroxylation sites is 1. The Kier molecular flexibility index (Phi) is 7.28. The van der Waals surface area contributed by atoms with Crippen LogP contribution in [0.2, 0.25) is 0 Å². The first-order chi connectivity index (χ1) is 9.13. The van der Waals surface area contributed by atoms with Gasteiger partial charge < -0.3 is 20.5 Å². The van der Waals surface area contributed by atoms with E-state index in [1.165, 1.54) is 0 Å². The van der Waals surface area contributed by atoms with E-state index in [1.807, 2.05) is 31.2 Å². The molecule has 1 aromatic carbocycles. The van der Waals surface area contributed by atoms with Gasteiger partial charge in [-0.3, -0.25) is 0 Å². The number of hydrogen-bond acceptors (Lipinski definition) is 3. The van der Waals surface area contributed by atoms with Crippen LogP contribution in [-0.2, 0) is 0 Å². The maximum absolute atomic E-state index is 11.4. The highest BCUT2D eigenvalue weighted by Gasteiger charge is 2.08. The predicted octanol–water partition coefficient (Wildman–Crippen LogP) is 1.90. The third kappa shape index (κ3) is 6.45. The van der Waals surface area contributed by atoms with Crippen molar-refractivity contribution in [1.29, 1.82) is 0 Å². The summed E-state index contributed by atoms with van der Waals surface area (Å²) in [5.41, 5.74) is 0. The average Bonchev–Trinajstić information content (AvgIpc) is 2.39. The molecule has 5 nitrogen and oxygen atoms in total. The molecular weight excluding hydrogens is 312 g/mol. The van der Waals surface area contributed by atoms with Gasteiger partial charge in [-0.25, -0.2) is 4.79 Å². The summed E-state index contributed by atoms with van der Waals surface area (Å²) in [5.74, 6) is 0.748. The molecule has 0 aliphatic rings. The number of aliphatic hydroxyl groups is 1. The summed E-state index contributed by atoms with van der Waals surface area (Å²) >= 11 is 3.40. The van der Waals surface area contributed by atoms with Crippen LogP contribution in [0.5, 0.6) is 5.75 Å². The van der Waals surface area contributed by atoms with Crippen molar-refractivity contribution >= 4 is 22.0 Å². The molecular formula is C13H19BrN2O3. The Hall–Kier alpha value is -1.27. The van der Waals surface area contributed by atoms with Crippen molar-refractivity contribution in [2.75, 3.05) is 19.7 Å². The van der Waals surface area contributed by atoms with Gasteiger partial charge in [-0.05, 0) is 41.4 Å². The number of carbonyl (C=O) groups is 1. The van der Waals surface area contributed by atoms with Crippen LogP contribution in [0.25, 0.3) is 0 Å². The van der Waals surface area contributed by atoms with Crippen LogP contribution in [0.15, 0.2) is 28.7 Å². The van der Waals surface area contributed by atoms with Crippen LogP contribution in [-0.4, -0.2) is 36.9 Å². The molecule has 1 unspecified atom stereocenters. The number of hydrogen-bond donors (Lipinski definition) is 3. The van der Waals surface area contributed by atoms with E-state index < -0.39 is 0 Å². The number of nitrogens with one attached hydrogen (secondary N) is 2. The minimum Gasteiger partial charge on any atom is -0.488 e. The van der Waals surface area contributed by atoms with Crippen molar-refractivity contribution in [3.63, 3.8) is 0 Å². The van der Waals surface area contributed by atoms with Gasteiger partial charge in [0.2, 0.25) is 0 Å². The van der Waals surface area contributed by atoms with Gasteiger partial charge in [0.1, 0.15) is 11.9 Å². The van der Waals surface area contributed by atoms with Crippen molar-refractivity contribution in [2.45, 2.75) is 19.4 Å². The molecule has 1 rings (SSSR count). The monoisotopic (exact) mass is 330 g/mol. The molecule has 0 aliphatic carbocycles. The molecule has 1 atom stereocenters. The molecule has 3 N–H and O–H groups in total. The highest BCUT2D eigenvalue weighted by molar-refractivity contribution is 9.10. The molecule has 1 aromatic rings. The van der Waals surface area contributed by atoms with Crippen LogP contribution in [0.4, 0.5) is 4.79 Å². The van der Waals surface area contributed by atoms with Crippen molar-refractivity contribution in [3.8, 4) is 5.75 Å². The molecule has 6 heteroatoms. The predicted molar refractivity (Wildman–Crippen MR) is 77.3 cm³/mol. The second-order valence-corrected chi connectivity index (χ2v) is 4.93. The second kappa shape index (κ2) is 8.77. The summed E-state index contributed by atoms with van der Waals surface area (Å²) in [5, 5.41) is 13.9. The van der Waals surface area contributed by atoms with E-state index in [0.29, 0.717) is 19.5 Å². The molecule has 0 fully saturated rings. The summed E-state index contributed by atoms with van der Waals surface area (Å²) in [4.78, 5) is 11.4. The largest absolute Gasteiger partial charge is 0.488 e. The number of aliphatic hydroxyl groups excluding tert-OH is 1. The first-order valence-electron chi connectivity index (χ1n) is 6.17. The molecule has 0 heterocycles. The Morgan fingerprint density at radius 2 is 2.16 bits per heavy atom. The number of amides is 2. The maximum Gasteiger partial charge on any atom is 0.314 e. The summed E-state index contributed by atoms with van der Waals surface area (Å²) in [7, 11) is 0. The topological polar surface area (TPSA) is 70.6 Å². The molecule has 0 saturated heterocycles. The highest BCUT2D eigenvalue weighted by Crippen LogP contribution is 2.24. The molecule has 2 amide bonds. The van der Waals surface area contributed by atoms with Crippen molar-refractivity contribution in [1.82, 2.24) is 10.6 Å². The Morgan fingerprint density at radius 1 is 1.42 bits per heavy atom. The molecule has 0 spiro atoms. The van der Waals surface area contributed by atoms with Crippen LogP contribution in [0.3, 0.4) is 0 Å². The number of carbonyl (C=O) groups excluding carboxylic acids is 1. The van der Waals surface area contributed by atoms with Gasteiger partial charge in [0.05, 0.1) is 11.0 Å². The van der Waals surface area contributed by atoms with E-state index >= 15 is 0 Å². The summed E-state index contributed by atoms with van der Waals surface area (Å²) in [6.45, 7) is 2.82. The summed E-state index contributed by atoms with van der Waals surface area (Å²) in [6, 6.07) is 7.31. The lowest BCUT2D eigenvalue weighted by atomic mass is 10.3. The number of halogens is 1. The van der Waals surface area contributed by atoms with E-state index in [2.05, 4.69) is 26.6 Å². The van der Waals surface area contributed by atoms with Gasteiger partial charge in [-0.15, -0.1) is 0 Å². The van der Waals surface area contributed by atoms with Crippen LogP contribution in [0.1, 0.15) is 13.3 Å². The highest BCUT2D eigenvalue weighted by atomic mass is 79.9. The normalized spacial score (nSPS) is 11.7. The van der Waals surface area contributed by atoms with Crippen LogP contribution >= 0.6 is 15.9 Å². The fourth-order valence-electron chi connectivity index (χ4n) is 1.38. The standard InChI is InChI=1S/C13H19BrN2O3/c1-10(9-16-13(18)15-7-4-8-17)19-12-6-3-2-5-11(12)14/h2-3,5-6,10,17H,4,7-9H2,1H3,(H2,15,16,18). The van der Waals surface area contributed by atoms with Crippen molar-refractivity contribution in [3.05, 3.63) is 28.7 Å². The quantitative estimate of drug-likeness (QED) is 0.669. The van der Waals surface area contributed by atoms with E-state index in [-0.39, 0.29) is 18.7 Å². The van der Waals surface area contributed by atoms with E-state index in [0.717, 1.165) is 10.2 Å². The molecule has 0 saturated carbocycles. The Labute approximate surface area is 121 Å². The Balaban J connectivity index is 2.26. The number of urea groups is 1. The molecule has 0 aromatic heterocycles. The molecule has 0 aliphatic heterocycles. The Bertz CT molecular complexity index is 401. The van der Waals surface area contributed by atoms with Crippen molar-refractivity contribution < 1.29 is 14.6 Å². The van der Waals surface area contributed by atoms with Gasteiger partial charge >= 0.3 is 6.03 Å². The number of benzene rings is 1. The van der Waals surface area contributed by atoms with Crippen LogP contribution in [0, 0.1) is 0 Å². The van der Waals surface area contributed by atoms with Gasteiger partial charge in [-0.2, -0.15) is 0 Å². The lowest BCUT2D eigenvalue weighted by molar-refractivity contribution is 0.206. The Morgan fingerprint density at radius 3 is 2.84 bits per heavy atom. The lowest BCUT2D eigenvalue weighted by Gasteiger charge is -2.16. The first kappa shape index (κ1) is 15.8. The number of ether oxygens (including phenoxy) is 1.